The Morgan fingerprint density at radius 2 is 1.20 bits per heavy atom. The Morgan fingerprint density at radius 3 is 1.20 bits per heavy atom. The number of rotatable bonds is 0. The van der Waals surface area contributed by atoms with Crippen LogP contribution in [0.2, 0.25) is 0 Å². The van der Waals surface area contributed by atoms with Crippen LogP contribution in [0.4, 0.5) is 0 Å². The largest absolute Gasteiger partial charge is 0.0890 e. The highest BCUT2D eigenvalue weighted by Gasteiger charge is 1.60. The van der Waals surface area contributed by atoms with Gasteiger partial charge in [-0.05, 0) is 20.8 Å². The molecule has 0 N–H and O–H groups in total. The van der Waals surface area contributed by atoms with Gasteiger partial charge in [-0.2, -0.15) is 0 Å². The summed E-state index contributed by atoms with van der Waals surface area (Å²) in [7, 11) is 0. The Kier molecular flexibility index (Phi) is 38.2. The molecule has 0 saturated carbocycles. The van der Waals surface area contributed by atoms with Gasteiger partial charge in [0.2, 0.25) is 0 Å². The van der Waals surface area contributed by atoms with Crippen molar-refractivity contribution in [3.63, 3.8) is 0 Å². The van der Waals surface area contributed by atoms with Crippen molar-refractivity contribution in [2.45, 2.75) is 54.9 Å². The number of hydrogen-bond donors (Lipinski definition) is 0. The van der Waals surface area contributed by atoms with Gasteiger partial charge in [0.15, 0.2) is 0 Å². The second-order valence-electron chi connectivity index (χ2n) is 2.07. The van der Waals surface area contributed by atoms with Crippen molar-refractivity contribution in [2.24, 2.45) is 0 Å². The van der Waals surface area contributed by atoms with Gasteiger partial charge in [-0.15, -0.1) is 0 Å². The van der Waals surface area contributed by atoms with E-state index in [1.807, 2.05) is 20.8 Å². The topological polar surface area (TPSA) is 0 Å². The first-order valence-corrected chi connectivity index (χ1v) is 4.28. The standard InChI is InChI=1S/C5H10.C3H8.C2H6/c1-4-5(2)3;1-3-2;1-2/h4H,1-3H3;3H2,1-2H3;1-2H3. The minimum Gasteiger partial charge on any atom is -0.0890 e. The third-order valence-corrected chi connectivity index (χ3v) is 0.577. The molecular formula is C10H24. The summed E-state index contributed by atoms with van der Waals surface area (Å²) in [6, 6.07) is 0. The van der Waals surface area contributed by atoms with E-state index in [4.69, 9.17) is 0 Å². The van der Waals surface area contributed by atoms with Crippen LogP contribution in [0.1, 0.15) is 54.9 Å². The van der Waals surface area contributed by atoms with Crippen molar-refractivity contribution in [3.8, 4) is 0 Å². The van der Waals surface area contributed by atoms with Crippen LogP contribution in [0.5, 0.6) is 0 Å². The van der Waals surface area contributed by atoms with Crippen LogP contribution in [0.25, 0.3) is 0 Å². The van der Waals surface area contributed by atoms with E-state index in [9.17, 15) is 0 Å². The van der Waals surface area contributed by atoms with Crippen molar-refractivity contribution < 1.29 is 0 Å². The van der Waals surface area contributed by atoms with E-state index in [0.717, 1.165) is 0 Å². The zero-order valence-corrected chi connectivity index (χ0v) is 8.78. The molecule has 0 aromatic rings. The fourth-order valence-electron chi connectivity index (χ4n) is 0. The summed E-state index contributed by atoms with van der Waals surface area (Å²) >= 11 is 0. The molecule has 0 aromatic carbocycles. The maximum Gasteiger partial charge on any atom is -0.0442 e. The Balaban J connectivity index is -0.0000000847. The van der Waals surface area contributed by atoms with Crippen molar-refractivity contribution in [3.05, 3.63) is 11.6 Å². The predicted octanol–water partition coefficient (Wildman–Crippen LogP) is 4.42. The van der Waals surface area contributed by atoms with Gasteiger partial charge in [-0.3, -0.25) is 0 Å². The average molecular weight is 144 g/mol. The van der Waals surface area contributed by atoms with Crippen molar-refractivity contribution in [1.82, 2.24) is 0 Å². The summed E-state index contributed by atoms with van der Waals surface area (Å²) in [4.78, 5) is 0. The van der Waals surface area contributed by atoms with E-state index in [1.165, 1.54) is 12.0 Å². The fraction of sp³-hybridized carbons (Fsp3) is 0.800. The summed E-state index contributed by atoms with van der Waals surface area (Å²) in [5, 5.41) is 0. The molecule has 0 aromatic heterocycles. The lowest BCUT2D eigenvalue weighted by molar-refractivity contribution is 1.09. The van der Waals surface area contributed by atoms with Crippen molar-refractivity contribution in [1.29, 1.82) is 0 Å². The van der Waals surface area contributed by atoms with Crippen LogP contribution in [-0.4, -0.2) is 0 Å². The van der Waals surface area contributed by atoms with Gasteiger partial charge in [0.1, 0.15) is 0 Å². The van der Waals surface area contributed by atoms with Crippen LogP contribution in [-0.2, 0) is 0 Å². The maximum atomic E-state index is 2.12. The highest BCUT2D eigenvalue weighted by atomic mass is 13.7. The van der Waals surface area contributed by atoms with Crippen LogP contribution >= 0.6 is 0 Å². The Morgan fingerprint density at radius 1 is 1.10 bits per heavy atom. The average Bonchev–Trinajstić information content (AvgIpc) is 1.94. The first-order chi connectivity index (χ1) is 4.68. The molecule has 0 saturated heterocycles. The first-order valence-electron chi connectivity index (χ1n) is 4.28. The number of allylic oxidation sites excluding steroid dienone is 2. The van der Waals surface area contributed by atoms with Crippen molar-refractivity contribution >= 4 is 0 Å². The molecule has 0 fully saturated rings. The van der Waals surface area contributed by atoms with E-state index in [0.29, 0.717) is 0 Å². The number of hydrogen-bond acceptors (Lipinski definition) is 0. The van der Waals surface area contributed by atoms with Crippen LogP contribution in [0, 0.1) is 0 Å². The molecule has 0 heterocycles. The summed E-state index contributed by atoms with van der Waals surface area (Å²) < 4.78 is 0. The second kappa shape index (κ2) is 23.3. The maximum absolute atomic E-state index is 2.12. The molecule has 0 nitrogen and oxygen atoms in total. The summed E-state index contributed by atoms with van der Waals surface area (Å²) in [6.07, 6.45) is 3.33. The quantitative estimate of drug-likeness (QED) is 0.442. The Hall–Kier alpha value is -0.260. The van der Waals surface area contributed by atoms with Gasteiger partial charge in [-0.1, -0.05) is 45.8 Å². The fourth-order valence-corrected chi connectivity index (χ4v) is 0. The van der Waals surface area contributed by atoms with E-state index in [-0.39, 0.29) is 0 Å². The summed E-state index contributed by atoms with van der Waals surface area (Å²) in [5.41, 5.74) is 1.38. The molecule has 0 heteroatoms. The smallest absolute Gasteiger partial charge is 0.0442 e. The molecule has 0 bridgehead atoms. The molecule has 0 amide bonds. The summed E-state index contributed by atoms with van der Waals surface area (Å²) in [6.45, 7) is 14.5. The molecule has 0 rings (SSSR count). The van der Waals surface area contributed by atoms with Gasteiger partial charge in [0, 0.05) is 0 Å². The molecule has 0 atom stereocenters. The first kappa shape index (κ1) is 16.4. The SMILES string of the molecule is CC.CC=C(C)C.CCC. The highest BCUT2D eigenvalue weighted by Crippen LogP contribution is 1.82. The van der Waals surface area contributed by atoms with Gasteiger partial charge >= 0.3 is 0 Å². The molecule has 0 spiro atoms. The highest BCUT2D eigenvalue weighted by molar-refractivity contribution is 4.88. The lowest BCUT2D eigenvalue weighted by Gasteiger charge is -1.74. The minimum absolute atomic E-state index is 1.25. The van der Waals surface area contributed by atoms with E-state index in [1.54, 1.807) is 0 Å². The van der Waals surface area contributed by atoms with Crippen LogP contribution < -0.4 is 0 Å². The molecule has 64 valence electrons. The van der Waals surface area contributed by atoms with E-state index < -0.39 is 0 Å². The zero-order valence-electron chi connectivity index (χ0n) is 8.78. The lowest BCUT2D eigenvalue weighted by atomic mass is 10.3. The molecule has 0 radical (unpaired) electrons. The predicted molar refractivity (Wildman–Crippen MR) is 52.4 cm³/mol. The zero-order chi connectivity index (χ0) is 8.99. The molecule has 0 aliphatic carbocycles. The third kappa shape index (κ3) is 116. The van der Waals surface area contributed by atoms with E-state index >= 15 is 0 Å². The molecule has 0 aliphatic rings. The minimum atomic E-state index is 1.25. The van der Waals surface area contributed by atoms with Crippen molar-refractivity contribution in [2.75, 3.05) is 0 Å². The van der Waals surface area contributed by atoms with Crippen LogP contribution in [0.3, 0.4) is 0 Å². The van der Waals surface area contributed by atoms with Gasteiger partial charge in [0.05, 0.1) is 0 Å². The van der Waals surface area contributed by atoms with E-state index in [2.05, 4.69) is 33.8 Å². The van der Waals surface area contributed by atoms with Gasteiger partial charge < -0.3 is 0 Å². The monoisotopic (exact) mass is 144 g/mol. The Labute approximate surface area is 67.3 Å². The lowest BCUT2D eigenvalue weighted by Crippen LogP contribution is -1.52. The molecule has 10 heavy (non-hydrogen) atoms. The third-order valence-electron chi connectivity index (χ3n) is 0.577. The molecular weight excluding hydrogens is 120 g/mol. The summed E-state index contributed by atoms with van der Waals surface area (Å²) in [5.74, 6) is 0. The second-order valence-corrected chi connectivity index (χ2v) is 2.07. The van der Waals surface area contributed by atoms with Gasteiger partial charge in [0.25, 0.3) is 0 Å². The normalized spacial score (nSPS) is 5.90. The van der Waals surface area contributed by atoms with Crippen LogP contribution in [0.15, 0.2) is 11.6 Å². The van der Waals surface area contributed by atoms with Gasteiger partial charge in [-0.25, -0.2) is 0 Å². The molecule has 0 aliphatic heterocycles. The molecule has 0 unspecified atom stereocenters. The Bertz CT molecular complexity index is 47.1.